The van der Waals surface area contributed by atoms with Crippen molar-refractivity contribution in [1.82, 2.24) is 10.6 Å². The molecule has 276 valence electrons. The summed E-state index contributed by atoms with van der Waals surface area (Å²) in [6, 6.07) is 0. The molecule has 0 aromatic heterocycles. The number of unbranched alkanes of at least 4 members (excludes halogenated alkanes) is 21. The fourth-order valence-electron chi connectivity index (χ4n) is 6.54. The highest BCUT2D eigenvalue weighted by molar-refractivity contribution is 5.89. The van der Waals surface area contributed by atoms with Gasteiger partial charge in [-0.2, -0.15) is 0 Å². The summed E-state index contributed by atoms with van der Waals surface area (Å²) in [7, 11) is 0. The highest BCUT2D eigenvalue weighted by Gasteiger charge is 2.14. The van der Waals surface area contributed by atoms with Gasteiger partial charge in [-0.15, -0.1) is 11.8 Å². The van der Waals surface area contributed by atoms with Gasteiger partial charge in [0.25, 0.3) is 0 Å². The summed E-state index contributed by atoms with van der Waals surface area (Å²) >= 11 is 0. The minimum Gasteiger partial charge on any atom is -0.330 e. The van der Waals surface area contributed by atoms with Gasteiger partial charge in [-0.3, -0.25) is 9.79 Å². The minimum absolute atomic E-state index is 0.110. The fraction of sp³-hybridized carbons (Fsp3) is 0.905. The second kappa shape index (κ2) is 39.1. The molecule has 0 aromatic carbocycles. The molecule has 0 heterocycles. The average Bonchev–Trinajstić information content (AvgIpc) is 3.08. The highest BCUT2D eigenvalue weighted by Crippen LogP contribution is 2.20. The van der Waals surface area contributed by atoms with E-state index in [9.17, 15) is 4.79 Å². The Morgan fingerprint density at radius 1 is 0.638 bits per heavy atom. The van der Waals surface area contributed by atoms with Crippen LogP contribution in [-0.4, -0.2) is 38.4 Å². The number of carbonyl (C=O) groups is 1. The Morgan fingerprint density at radius 3 is 1.57 bits per heavy atom. The number of hydrogen-bond acceptors (Lipinski definition) is 4. The normalized spacial score (nSPS) is 12.7. The van der Waals surface area contributed by atoms with Crippen molar-refractivity contribution >= 4 is 12.2 Å². The monoisotopic (exact) mass is 659 g/mol. The van der Waals surface area contributed by atoms with Crippen LogP contribution in [-0.2, 0) is 4.79 Å². The van der Waals surface area contributed by atoms with E-state index in [2.05, 4.69) is 41.3 Å². The summed E-state index contributed by atoms with van der Waals surface area (Å²) < 4.78 is 0. The first kappa shape index (κ1) is 45.6. The Hall–Kier alpha value is -1.38. The highest BCUT2D eigenvalue weighted by atomic mass is 16.1. The Bertz CT molecular complexity index is 728. The Kier molecular flexibility index (Phi) is 37.9. The molecule has 0 bridgehead atoms. The molecular weight excluding hydrogens is 576 g/mol. The average molecular weight is 659 g/mol. The van der Waals surface area contributed by atoms with Gasteiger partial charge in [0.05, 0.1) is 6.34 Å². The molecule has 0 aromatic rings. The van der Waals surface area contributed by atoms with E-state index in [1.807, 2.05) is 6.92 Å². The molecule has 47 heavy (non-hydrogen) atoms. The fourth-order valence-corrected chi connectivity index (χ4v) is 6.54. The Labute approximate surface area is 294 Å². The van der Waals surface area contributed by atoms with Gasteiger partial charge in [0.2, 0.25) is 5.91 Å². The lowest BCUT2D eigenvalue weighted by Gasteiger charge is -2.13. The Balaban J connectivity index is 3.63. The zero-order valence-electron chi connectivity index (χ0n) is 32.0. The smallest absolute Gasteiger partial charge is 0.228 e. The van der Waals surface area contributed by atoms with E-state index in [0.717, 1.165) is 64.7 Å². The largest absolute Gasteiger partial charge is 0.330 e. The third-order valence-electron chi connectivity index (χ3n) is 9.72. The van der Waals surface area contributed by atoms with Crippen molar-refractivity contribution in [1.29, 1.82) is 0 Å². The molecule has 2 atom stereocenters. The number of carbonyl (C=O) groups excluding carboxylic acids is 1. The second-order valence-corrected chi connectivity index (χ2v) is 14.1. The van der Waals surface area contributed by atoms with Crippen LogP contribution < -0.4 is 16.4 Å². The summed E-state index contributed by atoms with van der Waals surface area (Å²) in [5.41, 5.74) is 5.50. The molecule has 0 saturated carbocycles. The first-order valence-electron chi connectivity index (χ1n) is 20.8. The summed E-state index contributed by atoms with van der Waals surface area (Å²) in [6.07, 6.45) is 39.6. The summed E-state index contributed by atoms with van der Waals surface area (Å²) in [5.74, 6) is 7.59. The second-order valence-electron chi connectivity index (χ2n) is 14.1. The van der Waals surface area contributed by atoms with Crippen molar-refractivity contribution in [2.24, 2.45) is 22.6 Å². The maximum Gasteiger partial charge on any atom is 0.228 e. The molecule has 0 spiro atoms. The number of nitrogens with two attached hydrogens (primary N) is 1. The van der Waals surface area contributed by atoms with Crippen molar-refractivity contribution in [2.75, 3.05) is 26.2 Å². The number of aliphatic imine (C=N–C) groups is 1. The van der Waals surface area contributed by atoms with Crippen molar-refractivity contribution in [3.05, 3.63) is 0 Å². The van der Waals surface area contributed by atoms with Gasteiger partial charge in [-0.05, 0) is 71.5 Å². The van der Waals surface area contributed by atoms with Crippen LogP contribution >= 0.6 is 0 Å². The molecule has 0 saturated heterocycles. The Morgan fingerprint density at radius 2 is 1.11 bits per heavy atom. The predicted molar refractivity (Wildman–Crippen MR) is 209 cm³/mol. The lowest BCUT2D eigenvalue weighted by atomic mass is 9.94. The molecule has 0 rings (SSSR count). The van der Waals surface area contributed by atoms with Crippen molar-refractivity contribution in [3.8, 4) is 11.8 Å². The SMILES string of the molecule is CC#CC(CCCCCCCCCCCCCCC)CCCCCCCCCCCC(CC)C(=O)NC=NCCCCNCCCN. The maximum absolute atomic E-state index is 12.5. The molecule has 0 aliphatic rings. The van der Waals surface area contributed by atoms with Gasteiger partial charge in [0.1, 0.15) is 0 Å². The quantitative estimate of drug-likeness (QED) is 0.0269. The molecule has 5 nitrogen and oxygen atoms in total. The van der Waals surface area contributed by atoms with Gasteiger partial charge in [-0.25, -0.2) is 0 Å². The summed E-state index contributed by atoms with van der Waals surface area (Å²) in [5, 5.41) is 6.30. The third kappa shape index (κ3) is 34.3. The van der Waals surface area contributed by atoms with E-state index >= 15 is 0 Å². The zero-order chi connectivity index (χ0) is 34.3. The maximum atomic E-state index is 12.5. The topological polar surface area (TPSA) is 79.5 Å². The number of rotatable bonds is 37. The number of nitrogens with zero attached hydrogens (tertiary/aromatic N) is 1. The van der Waals surface area contributed by atoms with Gasteiger partial charge in [0, 0.05) is 18.4 Å². The molecule has 4 N–H and O–H groups in total. The predicted octanol–water partition coefficient (Wildman–Crippen LogP) is 11.3. The lowest BCUT2D eigenvalue weighted by molar-refractivity contribution is -0.123. The standard InChI is InChI=1S/C42H82N4O/c1-4-7-8-9-10-11-12-13-14-16-19-22-25-32-40(31-5-2)33-26-23-20-17-15-18-21-24-27-34-41(6-3)42(47)46-39-45-37-29-28-36-44-38-30-35-43/h39-41,44H,4,6-30,32-38,43H2,1-3H3,(H,45,46,47). The van der Waals surface area contributed by atoms with Crippen LogP contribution in [0.2, 0.25) is 0 Å². The first-order chi connectivity index (χ1) is 23.2. The van der Waals surface area contributed by atoms with Crippen LogP contribution in [0.5, 0.6) is 0 Å². The summed E-state index contributed by atoms with van der Waals surface area (Å²) in [4.78, 5) is 16.9. The van der Waals surface area contributed by atoms with Crippen molar-refractivity contribution in [3.63, 3.8) is 0 Å². The summed E-state index contributed by atoms with van der Waals surface area (Å²) in [6.45, 7) is 9.94. The van der Waals surface area contributed by atoms with E-state index in [-0.39, 0.29) is 11.8 Å². The number of hydrogen-bond donors (Lipinski definition) is 3. The first-order valence-corrected chi connectivity index (χ1v) is 20.8. The van der Waals surface area contributed by atoms with Crippen molar-refractivity contribution in [2.45, 2.75) is 207 Å². The van der Waals surface area contributed by atoms with Crippen LogP contribution in [0.25, 0.3) is 0 Å². The van der Waals surface area contributed by atoms with E-state index < -0.39 is 0 Å². The zero-order valence-corrected chi connectivity index (χ0v) is 32.0. The van der Waals surface area contributed by atoms with Crippen LogP contribution in [0, 0.1) is 23.7 Å². The van der Waals surface area contributed by atoms with Gasteiger partial charge < -0.3 is 16.4 Å². The van der Waals surface area contributed by atoms with Gasteiger partial charge in [0.15, 0.2) is 0 Å². The van der Waals surface area contributed by atoms with E-state index in [1.165, 1.54) is 148 Å². The van der Waals surface area contributed by atoms with Gasteiger partial charge >= 0.3 is 0 Å². The van der Waals surface area contributed by atoms with E-state index in [0.29, 0.717) is 5.92 Å². The molecule has 1 amide bonds. The minimum atomic E-state index is 0.110. The molecular formula is C42H82N4O. The lowest BCUT2D eigenvalue weighted by Crippen LogP contribution is -2.29. The third-order valence-corrected chi connectivity index (χ3v) is 9.72. The molecule has 0 fully saturated rings. The van der Waals surface area contributed by atoms with Crippen molar-refractivity contribution < 1.29 is 4.79 Å². The van der Waals surface area contributed by atoms with Crippen LogP contribution in [0.3, 0.4) is 0 Å². The molecule has 5 heteroatoms. The number of nitrogens with one attached hydrogen (secondary N) is 2. The van der Waals surface area contributed by atoms with E-state index in [4.69, 9.17) is 5.73 Å². The number of amides is 1. The van der Waals surface area contributed by atoms with Crippen LogP contribution in [0.1, 0.15) is 207 Å². The van der Waals surface area contributed by atoms with E-state index in [1.54, 1.807) is 6.34 Å². The van der Waals surface area contributed by atoms with Crippen LogP contribution in [0.15, 0.2) is 4.99 Å². The molecule has 0 aliphatic heterocycles. The molecule has 0 radical (unpaired) electrons. The van der Waals surface area contributed by atoms with Crippen LogP contribution in [0.4, 0.5) is 0 Å². The van der Waals surface area contributed by atoms with Gasteiger partial charge in [-0.1, -0.05) is 155 Å². The molecule has 2 unspecified atom stereocenters. The molecule has 0 aliphatic carbocycles.